The van der Waals surface area contributed by atoms with Crippen molar-refractivity contribution in [1.82, 2.24) is 19.7 Å². The minimum Gasteiger partial charge on any atom is -0.300 e. The summed E-state index contributed by atoms with van der Waals surface area (Å²) in [6.45, 7) is 0. The van der Waals surface area contributed by atoms with E-state index >= 15 is 0 Å². The third-order valence-corrected chi connectivity index (χ3v) is 4.15. The number of halogens is 5. The van der Waals surface area contributed by atoms with Crippen LogP contribution in [-0.2, 0) is 11.8 Å². The Hall–Kier alpha value is -2.09. The minimum atomic E-state index is -4.64. The Balaban J connectivity index is 1.94. The van der Waals surface area contributed by atoms with Crippen molar-refractivity contribution in [2.45, 2.75) is 24.7 Å². The summed E-state index contributed by atoms with van der Waals surface area (Å²) in [6.07, 6.45) is -2.04. The van der Waals surface area contributed by atoms with E-state index in [4.69, 9.17) is 11.6 Å². The molecule has 23 heavy (non-hydrogen) atoms. The van der Waals surface area contributed by atoms with Gasteiger partial charge in [-0.05, 0) is 25.0 Å². The van der Waals surface area contributed by atoms with Gasteiger partial charge in [0.15, 0.2) is 17.2 Å². The predicted molar refractivity (Wildman–Crippen MR) is 75.2 cm³/mol. The first-order valence-electron chi connectivity index (χ1n) is 6.77. The molecule has 1 aliphatic rings. The topological polar surface area (TPSA) is 46.5 Å². The fraction of sp³-hybridized carbons (Fsp3) is 0.286. The van der Waals surface area contributed by atoms with E-state index in [-0.39, 0.29) is 23.7 Å². The minimum absolute atomic E-state index is 0.156. The van der Waals surface area contributed by atoms with Crippen molar-refractivity contribution < 1.29 is 17.6 Å². The van der Waals surface area contributed by atoms with Crippen LogP contribution in [0.5, 0.6) is 0 Å². The van der Waals surface area contributed by atoms with Gasteiger partial charge in [-0.15, -0.1) is 0 Å². The van der Waals surface area contributed by atoms with Crippen LogP contribution in [0, 0.1) is 0 Å². The summed E-state index contributed by atoms with van der Waals surface area (Å²) in [5, 5.41) is 7.43. The number of alkyl halides is 4. The zero-order chi connectivity index (χ0) is 16.4. The molecule has 9 heteroatoms. The van der Waals surface area contributed by atoms with Crippen molar-refractivity contribution in [3.05, 3.63) is 41.1 Å². The van der Waals surface area contributed by atoms with Crippen LogP contribution in [0.25, 0.3) is 16.6 Å². The Labute approximate surface area is 132 Å². The third kappa shape index (κ3) is 2.28. The van der Waals surface area contributed by atoms with E-state index in [1.54, 1.807) is 6.07 Å². The van der Waals surface area contributed by atoms with Crippen molar-refractivity contribution >= 4 is 22.5 Å². The van der Waals surface area contributed by atoms with Gasteiger partial charge in [0.05, 0.1) is 16.7 Å². The number of hydrogen-bond donors (Lipinski definition) is 1. The summed E-state index contributed by atoms with van der Waals surface area (Å²) in [5.74, 6) is -0.247. The molecule has 120 valence electrons. The van der Waals surface area contributed by atoms with E-state index in [0.717, 1.165) is 10.8 Å². The number of benzene rings is 1. The third-order valence-electron chi connectivity index (χ3n) is 3.85. The molecule has 0 radical (unpaired) electrons. The molecule has 4 rings (SSSR count). The number of nitrogens with zero attached hydrogens (tertiary/aromatic N) is 3. The second-order valence-electron chi connectivity index (χ2n) is 5.54. The number of imidazole rings is 1. The lowest BCUT2D eigenvalue weighted by Crippen LogP contribution is -2.09. The quantitative estimate of drug-likeness (QED) is 0.701. The molecule has 0 unspecified atom stereocenters. The average molecular weight is 345 g/mol. The monoisotopic (exact) mass is 344 g/mol. The van der Waals surface area contributed by atoms with Gasteiger partial charge < -0.3 is 4.57 Å². The van der Waals surface area contributed by atoms with Crippen LogP contribution in [0.4, 0.5) is 17.6 Å². The number of H-pyrrole nitrogens is 1. The summed E-state index contributed by atoms with van der Waals surface area (Å²) >= 11 is 6.11. The zero-order valence-electron chi connectivity index (χ0n) is 11.5. The predicted octanol–water partition coefficient (Wildman–Crippen LogP) is 4.38. The highest BCUT2D eigenvalue weighted by Crippen LogP contribution is 2.50. The molecule has 0 atom stereocenters. The Bertz CT molecular complexity index is 907. The summed E-state index contributed by atoms with van der Waals surface area (Å²) in [6, 6.07) is 3.04. The Morgan fingerprint density at radius 1 is 1.26 bits per heavy atom. The molecule has 1 aliphatic carbocycles. The van der Waals surface area contributed by atoms with E-state index in [2.05, 4.69) is 15.2 Å². The average Bonchev–Trinajstić information content (AvgIpc) is 2.95. The van der Waals surface area contributed by atoms with Crippen LogP contribution in [0.15, 0.2) is 24.5 Å². The first kappa shape index (κ1) is 14.5. The maximum absolute atomic E-state index is 14.4. The van der Waals surface area contributed by atoms with Crippen LogP contribution in [0.1, 0.15) is 24.4 Å². The van der Waals surface area contributed by atoms with Gasteiger partial charge in [-0.25, -0.2) is 9.37 Å². The van der Waals surface area contributed by atoms with Gasteiger partial charge in [-0.2, -0.15) is 18.3 Å². The molecule has 4 nitrogen and oxygen atoms in total. The van der Waals surface area contributed by atoms with Crippen molar-refractivity contribution in [2.24, 2.45) is 0 Å². The Morgan fingerprint density at radius 2 is 2.00 bits per heavy atom. The molecular formula is C14H9ClF4N4. The number of aromatic amines is 1. The van der Waals surface area contributed by atoms with Crippen molar-refractivity contribution in [3.8, 4) is 5.69 Å². The zero-order valence-corrected chi connectivity index (χ0v) is 12.2. The molecular weight excluding hydrogens is 336 g/mol. The van der Waals surface area contributed by atoms with Crippen LogP contribution >= 0.6 is 11.6 Å². The number of aromatic nitrogens is 4. The summed E-state index contributed by atoms with van der Waals surface area (Å²) in [7, 11) is 0. The molecule has 0 aliphatic heterocycles. The fourth-order valence-electron chi connectivity index (χ4n) is 2.50. The number of nitrogens with one attached hydrogen (secondary N) is 1. The molecule has 0 spiro atoms. The number of rotatable bonds is 2. The van der Waals surface area contributed by atoms with E-state index in [9.17, 15) is 17.6 Å². The Morgan fingerprint density at radius 3 is 2.65 bits per heavy atom. The molecule has 2 heterocycles. The Kier molecular flexibility index (Phi) is 2.82. The lowest BCUT2D eigenvalue weighted by Gasteiger charge is -2.10. The fourth-order valence-corrected chi connectivity index (χ4v) is 2.76. The van der Waals surface area contributed by atoms with Gasteiger partial charge in [0.25, 0.3) is 0 Å². The van der Waals surface area contributed by atoms with E-state index in [0.29, 0.717) is 16.6 Å². The second-order valence-corrected chi connectivity index (χ2v) is 5.95. The smallest absolute Gasteiger partial charge is 0.300 e. The highest BCUT2D eigenvalue weighted by atomic mass is 35.5. The van der Waals surface area contributed by atoms with Crippen molar-refractivity contribution in [3.63, 3.8) is 0 Å². The molecule has 3 aromatic rings. The van der Waals surface area contributed by atoms with E-state index in [1.165, 1.54) is 12.3 Å². The molecule has 2 aromatic heterocycles. The number of hydrogen-bond acceptors (Lipinski definition) is 2. The lowest BCUT2D eigenvalue weighted by molar-refractivity contribution is -0.141. The van der Waals surface area contributed by atoms with Gasteiger partial charge in [0, 0.05) is 17.3 Å². The van der Waals surface area contributed by atoms with Crippen LogP contribution in [0.3, 0.4) is 0 Å². The first-order chi connectivity index (χ1) is 10.8. The summed E-state index contributed by atoms with van der Waals surface area (Å²) in [4.78, 5) is 3.49. The van der Waals surface area contributed by atoms with Crippen LogP contribution < -0.4 is 0 Å². The maximum atomic E-state index is 14.4. The molecule has 0 amide bonds. The van der Waals surface area contributed by atoms with Gasteiger partial charge in [-0.1, -0.05) is 11.6 Å². The standard InChI is InChI=1S/C14H9ClF4N4/c15-9-4-8(3-7-5-20-22-11(7)9)23-6-10(14(17,18)19)21-12(23)13(16)1-2-13/h3-6H,1-2H2,(H,20,22). The van der Waals surface area contributed by atoms with E-state index in [1.807, 2.05) is 0 Å². The molecule has 0 bridgehead atoms. The second kappa shape index (κ2) is 4.47. The largest absolute Gasteiger partial charge is 0.434 e. The molecule has 1 fully saturated rings. The van der Waals surface area contributed by atoms with Crippen LogP contribution in [0.2, 0.25) is 5.02 Å². The number of fused-ring (bicyclic) bond motifs is 1. The molecule has 1 saturated carbocycles. The summed E-state index contributed by atoms with van der Waals surface area (Å²) < 4.78 is 54.4. The van der Waals surface area contributed by atoms with Gasteiger partial charge in [0.2, 0.25) is 0 Å². The highest BCUT2D eigenvalue weighted by molar-refractivity contribution is 6.35. The molecule has 1 N–H and O–H groups in total. The van der Waals surface area contributed by atoms with Crippen molar-refractivity contribution in [2.75, 3.05) is 0 Å². The van der Waals surface area contributed by atoms with Gasteiger partial charge in [-0.3, -0.25) is 5.10 Å². The lowest BCUT2D eigenvalue weighted by atomic mass is 10.2. The van der Waals surface area contributed by atoms with Gasteiger partial charge >= 0.3 is 6.18 Å². The molecule has 0 saturated heterocycles. The first-order valence-corrected chi connectivity index (χ1v) is 7.15. The normalized spacial score (nSPS) is 16.9. The SMILES string of the molecule is FC(F)(F)c1cn(-c2cc(Cl)c3[nH]ncc3c2)c(C2(F)CC2)n1. The van der Waals surface area contributed by atoms with Gasteiger partial charge in [0.1, 0.15) is 0 Å². The van der Waals surface area contributed by atoms with Crippen LogP contribution in [-0.4, -0.2) is 19.7 Å². The highest BCUT2D eigenvalue weighted by Gasteiger charge is 2.50. The summed E-state index contributed by atoms with van der Waals surface area (Å²) in [5.41, 5.74) is -2.07. The van der Waals surface area contributed by atoms with Crippen molar-refractivity contribution in [1.29, 1.82) is 0 Å². The van der Waals surface area contributed by atoms with E-state index < -0.39 is 17.5 Å². The maximum Gasteiger partial charge on any atom is 0.434 e. The molecule has 1 aromatic carbocycles.